The minimum absolute atomic E-state index is 0.0678. The maximum atomic E-state index is 12.1. The van der Waals surface area contributed by atoms with Gasteiger partial charge < -0.3 is 15.4 Å². The Morgan fingerprint density at radius 1 is 1.32 bits per heavy atom. The van der Waals surface area contributed by atoms with Crippen LogP contribution in [-0.4, -0.2) is 49.8 Å². The third-order valence-electron chi connectivity index (χ3n) is 5.05. The summed E-state index contributed by atoms with van der Waals surface area (Å²) in [5.74, 6) is 1.68. The maximum absolute atomic E-state index is 12.1. The number of hydrogen-bond acceptors (Lipinski definition) is 3. The largest absolute Gasteiger partial charge is 0.497 e. The molecule has 1 heterocycles. The van der Waals surface area contributed by atoms with Crippen molar-refractivity contribution in [2.75, 3.05) is 26.7 Å². The quantitative estimate of drug-likeness (QED) is 0.797. The number of amides is 2. The van der Waals surface area contributed by atoms with Crippen molar-refractivity contribution < 1.29 is 9.53 Å². The van der Waals surface area contributed by atoms with Crippen LogP contribution in [0.1, 0.15) is 39.2 Å². The van der Waals surface area contributed by atoms with Gasteiger partial charge in [0.05, 0.1) is 7.11 Å². The van der Waals surface area contributed by atoms with Crippen molar-refractivity contribution in [3.05, 3.63) is 29.8 Å². The molecule has 2 N–H and O–H groups in total. The molecular formula is C20H33N3O2. The molecule has 1 aliphatic rings. The lowest BCUT2D eigenvalue weighted by molar-refractivity contribution is 0.145. The molecule has 0 spiro atoms. The molecule has 25 heavy (non-hydrogen) atoms. The first-order chi connectivity index (χ1) is 12.0. The summed E-state index contributed by atoms with van der Waals surface area (Å²) in [4.78, 5) is 14.6. The molecule has 1 fully saturated rings. The summed E-state index contributed by atoms with van der Waals surface area (Å²) < 4.78 is 5.24. The predicted octanol–water partition coefficient (Wildman–Crippen LogP) is 3.05. The number of nitrogens with one attached hydrogen (secondary N) is 2. The van der Waals surface area contributed by atoms with E-state index in [1.54, 1.807) is 7.11 Å². The second-order valence-electron chi connectivity index (χ2n) is 7.38. The molecule has 2 rings (SSSR count). The summed E-state index contributed by atoms with van der Waals surface area (Å²) in [6, 6.07) is 8.32. The van der Waals surface area contributed by atoms with Crippen LogP contribution in [0.15, 0.2) is 24.3 Å². The molecule has 0 aromatic heterocycles. The number of ether oxygens (including phenoxy) is 1. The van der Waals surface area contributed by atoms with Gasteiger partial charge in [0, 0.05) is 18.6 Å². The van der Waals surface area contributed by atoms with E-state index < -0.39 is 0 Å². The van der Waals surface area contributed by atoms with Gasteiger partial charge in [0.25, 0.3) is 0 Å². The highest BCUT2D eigenvalue weighted by molar-refractivity contribution is 5.74. The molecule has 1 aromatic carbocycles. The predicted molar refractivity (Wildman–Crippen MR) is 102 cm³/mol. The third kappa shape index (κ3) is 6.58. The standard InChI is InChI=1S/C20H33N3O2/c1-15-8-10-23(11-9-15)17(3)14-21-20(24)22-16(2)12-18-6-5-7-19(13-18)25-4/h5-7,13,15-17H,8-12,14H2,1-4H3,(H2,21,22,24). The molecule has 1 aliphatic heterocycles. The van der Waals surface area contributed by atoms with Gasteiger partial charge >= 0.3 is 6.03 Å². The van der Waals surface area contributed by atoms with Gasteiger partial charge in [-0.3, -0.25) is 4.90 Å². The highest BCUT2D eigenvalue weighted by Crippen LogP contribution is 2.17. The second-order valence-corrected chi connectivity index (χ2v) is 7.38. The molecular weight excluding hydrogens is 314 g/mol. The van der Waals surface area contributed by atoms with Gasteiger partial charge in [-0.05, 0) is 69.8 Å². The molecule has 5 heteroatoms. The number of methoxy groups -OCH3 is 1. The lowest BCUT2D eigenvalue weighted by Crippen LogP contribution is -2.49. The van der Waals surface area contributed by atoms with Crippen molar-refractivity contribution in [2.45, 2.75) is 52.1 Å². The van der Waals surface area contributed by atoms with Gasteiger partial charge in [0.15, 0.2) is 0 Å². The lowest BCUT2D eigenvalue weighted by Gasteiger charge is -2.35. The zero-order valence-corrected chi connectivity index (χ0v) is 16.0. The molecule has 0 saturated carbocycles. The van der Waals surface area contributed by atoms with Crippen molar-refractivity contribution in [1.82, 2.24) is 15.5 Å². The van der Waals surface area contributed by atoms with Gasteiger partial charge in [0.1, 0.15) is 5.75 Å². The third-order valence-corrected chi connectivity index (χ3v) is 5.05. The number of benzene rings is 1. The van der Waals surface area contributed by atoms with E-state index in [1.807, 2.05) is 25.1 Å². The van der Waals surface area contributed by atoms with Gasteiger partial charge in [-0.2, -0.15) is 0 Å². The highest BCUT2D eigenvalue weighted by Gasteiger charge is 2.20. The van der Waals surface area contributed by atoms with Crippen LogP contribution in [-0.2, 0) is 6.42 Å². The van der Waals surface area contributed by atoms with E-state index >= 15 is 0 Å². The van der Waals surface area contributed by atoms with Gasteiger partial charge in [-0.1, -0.05) is 19.1 Å². The first-order valence-electron chi connectivity index (χ1n) is 9.39. The van der Waals surface area contributed by atoms with Crippen LogP contribution >= 0.6 is 0 Å². The number of rotatable bonds is 7. The topological polar surface area (TPSA) is 53.6 Å². The Morgan fingerprint density at radius 2 is 2.04 bits per heavy atom. The van der Waals surface area contributed by atoms with Crippen molar-refractivity contribution in [1.29, 1.82) is 0 Å². The summed E-state index contributed by atoms with van der Waals surface area (Å²) in [6.07, 6.45) is 3.30. The van der Waals surface area contributed by atoms with E-state index in [2.05, 4.69) is 35.4 Å². The fourth-order valence-electron chi connectivity index (χ4n) is 3.32. The van der Waals surface area contributed by atoms with Gasteiger partial charge in [0.2, 0.25) is 0 Å². The van der Waals surface area contributed by atoms with Crippen molar-refractivity contribution in [3.63, 3.8) is 0 Å². The van der Waals surface area contributed by atoms with Crippen LogP contribution in [0.2, 0.25) is 0 Å². The smallest absolute Gasteiger partial charge is 0.315 e. The molecule has 2 amide bonds. The monoisotopic (exact) mass is 347 g/mol. The van der Waals surface area contributed by atoms with E-state index in [1.165, 1.54) is 12.8 Å². The average molecular weight is 348 g/mol. The molecule has 140 valence electrons. The summed E-state index contributed by atoms with van der Waals surface area (Å²) in [7, 11) is 1.67. The van der Waals surface area contributed by atoms with Crippen LogP contribution in [0.4, 0.5) is 4.79 Å². The van der Waals surface area contributed by atoms with Crippen molar-refractivity contribution in [2.24, 2.45) is 5.92 Å². The second kappa shape index (κ2) is 9.66. The Hall–Kier alpha value is -1.75. The fourth-order valence-corrected chi connectivity index (χ4v) is 3.32. The summed E-state index contributed by atoms with van der Waals surface area (Å²) in [5, 5.41) is 6.04. The molecule has 1 aromatic rings. The molecule has 2 unspecified atom stereocenters. The number of urea groups is 1. The van der Waals surface area contributed by atoms with E-state index in [-0.39, 0.29) is 12.1 Å². The molecule has 2 atom stereocenters. The molecule has 0 bridgehead atoms. The average Bonchev–Trinajstić information content (AvgIpc) is 2.60. The highest BCUT2D eigenvalue weighted by atomic mass is 16.5. The van der Waals surface area contributed by atoms with Crippen molar-refractivity contribution in [3.8, 4) is 5.75 Å². The Morgan fingerprint density at radius 3 is 2.72 bits per heavy atom. The van der Waals surface area contributed by atoms with E-state index in [4.69, 9.17) is 4.74 Å². The number of carbonyl (C=O) groups is 1. The Balaban J connectivity index is 1.70. The van der Waals surface area contributed by atoms with E-state index in [9.17, 15) is 4.79 Å². The molecule has 0 aliphatic carbocycles. The van der Waals surface area contributed by atoms with E-state index in [0.717, 1.165) is 36.7 Å². The van der Waals surface area contributed by atoms with Crippen LogP contribution in [0.5, 0.6) is 5.75 Å². The molecule has 0 radical (unpaired) electrons. The van der Waals surface area contributed by atoms with Crippen LogP contribution in [0, 0.1) is 5.92 Å². The van der Waals surface area contributed by atoms with Gasteiger partial charge in [-0.25, -0.2) is 4.79 Å². The van der Waals surface area contributed by atoms with Crippen LogP contribution in [0.3, 0.4) is 0 Å². The number of piperidine rings is 1. The number of nitrogens with zero attached hydrogens (tertiary/aromatic N) is 1. The summed E-state index contributed by atoms with van der Waals surface area (Å²) in [5.41, 5.74) is 1.16. The summed E-state index contributed by atoms with van der Waals surface area (Å²) in [6.45, 7) is 9.49. The lowest BCUT2D eigenvalue weighted by atomic mass is 9.98. The zero-order valence-electron chi connectivity index (χ0n) is 16.0. The maximum Gasteiger partial charge on any atom is 0.315 e. The fraction of sp³-hybridized carbons (Fsp3) is 0.650. The zero-order chi connectivity index (χ0) is 18.2. The van der Waals surface area contributed by atoms with Crippen LogP contribution < -0.4 is 15.4 Å². The minimum atomic E-state index is -0.0902. The Bertz CT molecular complexity index is 541. The van der Waals surface area contributed by atoms with Crippen molar-refractivity contribution >= 4 is 6.03 Å². The van der Waals surface area contributed by atoms with Crippen LogP contribution in [0.25, 0.3) is 0 Å². The Kier molecular flexibility index (Phi) is 7.56. The number of carbonyl (C=O) groups excluding carboxylic acids is 1. The summed E-state index contributed by atoms with van der Waals surface area (Å²) >= 11 is 0. The molecule has 5 nitrogen and oxygen atoms in total. The SMILES string of the molecule is COc1cccc(CC(C)NC(=O)NCC(C)N2CCC(C)CC2)c1. The first kappa shape index (κ1) is 19.6. The number of likely N-dealkylation sites (tertiary alicyclic amines) is 1. The molecule has 1 saturated heterocycles. The normalized spacial score (nSPS) is 18.4. The van der Waals surface area contributed by atoms with Gasteiger partial charge in [-0.15, -0.1) is 0 Å². The Labute approximate surface area is 152 Å². The minimum Gasteiger partial charge on any atom is -0.497 e. The number of hydrogen-bond donors (Lipinski definition) is 2. The van der Waals surface area contributed by atoms with E-state index in [0.29, 0.717) is 12.6 Å². The first-order valence-corrected chi connectivity index (χ1v) is 9.39.